The molecule has 104 valence electrons. The smallest absolute Gasteiger partial charge is 0.305 e. The first-order valence-corrected chi connectivity index (χ1v) is 7.12. The Balaban J connectivity index is 2.58. The number of carbonyl (C=O) groups is 2. The normalized spacial score (nSPS) is 14.8. The number of hydrogen-bond donors (Lipinski definition) is 1. The summed E-state index contributed by atoms with van der Waals surface area (Å²) in [5, 5.41) is 8.75. The molecule has 1 N–H and O–H groups in total. The summed E-state index contributed by atoms with van der Waals surface area (Å²) in [6, 6.07) is 0.313. The van der Waals surface area contributed by atoms with Crippen molar-refractivity contribution in [2.24, 2.45) is 5.92 Å². The molecular formula is C14H25NO3. The van der Waals surface area contributed by atoms with Gasteiger partial charge in [-0.3, -0.25) is 9.59 Å². The van der Waals surface area contributed by atoms with Gasteiger partial charge in [0.2, 0.25) is 5.91 Å². The Morgan fingerprint density at radius 3 is 2.17 bits per heavy atom. The topological polar surface area (TPSA) is 57.6 Å². The largest absolute Gasteiger partial charge is 0.481 e. The minimum Gasteiger partial charge on any atom is -0.481 e. The van der Waals surface area contributed by atoms with E-state index in [0.29, 0.717) is 12.6 Å². The van der Waals surface area contributed by atoms with Crippen molar-refractivity contribution in [1.29, 1.82) is 0 Å². The predicted molar refractivity (Wildman–Crippen MR) is 70.3 cm³/mol. The van der Waals surface area contributed by atoms with Crippen molar-refractivity contribution in [1.82, 2.24) is 4.90 Å². The zero-order chi connectivity index (χ0) is 13.5. The molecule has 0 heterocycles. The molecule has 1 amide bonds. The van der Waals surface area contributed by atoms with Crippen LogP contribution < -0.4 is 0 Å². The average molecular weight is 255 g/mol. The molecule has 0 spiro atoms. The number of amides is 1. The maximum absolute atomic E-state index is 12.5. The SMILES string of the molecule is CCCC(CCC)C(=O)N(CCC(=O)O)C1CC1. The molecule has 1 aliphatic carbocycles. The number of rotatable bonds is 9. The molecule has 1 fully saturated rings. The van der Waals surface area contributed by atoms with Gasteiger partial charge in [-0.1, -0.05) is 26.7 Å². The third kappa shape index (κ3) is 4.67. The highest BCUT2D eigenvalue weighted by molar-refractivity contribution is 5.80. The molecular weight excluding hydrogens is 230 g/mol. The van der Waals surface area contributed by atoms with E-state index in [2.05, 4.69) is 13.8 Å². The van der Waals surface area contributed by atoms with Crippen LogP contribution in [0.15, 0.2) is 0 Å². The molecule has 0 unspecified atom stereocenters. The molecule has 4 nitrogen and oxygen atoms in total. The summed E-state index contributed by atoms with van der Waals surface area (Å²) >= 11 is 0. The fourth-order valence-corrected chi connectivity index (χ4v) is 2.40. The van der Waals surface area contributed by atoms with E-state index in [0.717, 1.165) is 38.5 Å². The highest BCUT2D eigenvalue weighted by Gasteiger charge is 2.35. The van der Waals surface area contributed by atoms with E-state index in [9.17, 15) is 9.59 Å². The van der Waals surface area contributed by atoms with Gasteiger partial charge in [0, 0.05) is 18.5 Å². The number of hydrogen-bond acceptors (Lipinski definition) is 2. The van der Waals surface area contributed by atoms with Crippen molar-refractivity contribution in [2.45, 2.75) is 64.8 Å². The van der Waals surface area contributed by atoms with E-state index < -0.39 is 5.97 Å². The van der Waals surface area contributed by atoms with Gasteiger partial charge >= 0.3 is 5.97 Å². The quantitative estimate of drug-likeness (QED) is 0.689. The molecule has 0 aromatic heterocycles. The van der Waals surface area contributed by atoms with Crippen LogP contribution in [0.2, 0.25) is 0 Å². The molecule has 0 aliphatic heterocycles. The second-order valence-electron chi connectivity index (χ2n) is 5.18. The highest BCUT2D eigenvalue weighted by atomic mass is 16.4. The van der Waals surface area contributed by atoms with Gasteiger partial charge in [0.25, 0.3) is 0 Å². The van der Waals surface area contributed by atoms with E-state index in [-0.39, 0.29) is 18.2 Å². The summed E-state index contributed by atoms with van der Waals surface area (Å²) in [7, 11) is 0. The van der Waals surface area contributed by atoms with Gasteiger partial charge in [-0.05, 0) is 25.7 Å². The average Bonchev–Trinajstić information content (AvgIpc) is 3.13. The Morgan fingerprint density at radius 1 is 1.22 bits per heavy atom. The van der Waals surface area contributed by atoms with E-state index >= 15 is 0 Å². The first-order valence-electron chi connectivity index (χ1n) is 7.12. The highest BCUT2D eigenvalue weighted by Crippen LogP contribution is 2.30. The van der Waals surface area contributed by atoms with Crippen molar-refractivity contribution in [2.75, 3.05) is 6.54 Å². The lowest BCUT2D eigenvalue weighted by atomic mass is 9.96. The number of nitrogens with zero attached hydrogens (tertiary/aromatic N) is 1. The van der Waals surface area contributed by atoms with Gasteiger partial charge in [-0.15, -0.1) is 0 Å². The van der Waals surface area contributed by atoms with Crippen LogP contribution in [0.1, 0.15) is 58.8 Å². The standard InChI is InChI=1S/C14H25NO3/c1-3-5-11(6-4-2)14(18)15(12-7-8-12)10-9-13(16)17/h11-12H,3-10H2,1-2H3,(H,16,17). The fraction of sp³-hybridized carbons (Fsp3) is 0.857. The lowest BCUT2D eigenvalue weighted by molar-refractivity contribution is -0.140. The predicted octanol–water partition coefficient (Wildman–Crippen LogP) is 2.67. The van der Waals surface area contributed by atoms with Gasteiger partial charge in [0.05, 0.1) is 6.42 Å². The Bertz CT molecular complexity index is 281. The van der Waals surface area contributed by atoms with Crippen molar-refractivity contribution >= 4 is 11.9 Å². The molecule has 1 saturated carbocycles. The zero-order valence-corrected chi connectivity index (χ0v) is 11.5. The molecule has 0 radical (unpaired) electrons. The molecule has 0 atom stereocenters. The molecule has 1 rings (SSSR count). The van der Waals surface area contributed by atoms with Crippen LogP contribution in [-0.2, 0) is 9.59 Å². The third-order valence-corrected chi connectivity index (χ3v) is 3.46. The van der Waals surface area contributed by atoms with E-state index in [1.54, 1.807) is 0 Å². The Hall–Kier alpha value is -1.06. The van der Waals surface area contributed by atoms with E-state index in [4.69, 9.17) is 5.11 Å². The zero-order valence-electron chi connectivity index (χ0n) is 11.5. The van der Waals surface area contributed by atoms with Crippen LogP contribution >= 0.6 is 0 Å². The summed E-state index contributed by atoms with van der Waals surface area (Å²) in [5.41, 5.74) is 0. The summed E-state index contributed by atoms with van der Waals surface area (Å²) in [6.45, 7) is 4.56. The molecule has 0 aromatic rings. The molecule has 0 bridgehead atoms. The fourth-order valence-electron chi connectivity index (χ4n) is 2.40. The monoisotopic (exact) mass is 255 g/mol. The lowest BCUT2D eigenvalue weighted by Gasteiger charge is -2.26. The van der Waals surface area contributed by atoms with Gasteiger partial charge in [0.1, 0.15) is 0 Å². The van der Waals surface area contributed by atoms with Crippen LogP contribution in [0.5, 0.6) is 0 Å². The first kappa shape index (κ1) is 15.0. The maximum Gasteiger partial charge on any atom is 0.305 e. The van der Waals surface area contributed by atoms with Crippen LogP contribution in [-0.4, -0.2) is 34.5 Å². The first-order chi connectivity index (χ1) is 8.60. The third-order valence-electron chi connectivity index (χ3n) is 3.46. The summed E-state index contributed by atoms with van der Waals surface area (Å²) in [5.74, 6) is -0.548. The second-order valence-corrected chi connectivity index (χ2v) is 5.18. The Labute approximate surface area is 109 Å². The van der Waals surface area contributed by atoms with E-state index in [1.807, 2.05) is 4.90 Å². The minimum atomic E-state index is -0.823. The molecule has 0 saturated heterocycles. The second kappa shape index (κ2) is 7.39. The number of carboxylic acids is 1. The number of carboxylic acid groups (broad SMARTS) is 1. The van der Waals surface area contributed by atoms with Gasteiger partial charge in [-0.2, -0.15) is 0 Å². The van der Waals surface area contributed by atoms with Gasteiger partial charge in [-0.25, -0.2) is 0 Å². The summed E-state index contributed by atoms with van der Waals surface area (Å²) in [4.78, 5) is 24.9. The van der Waals surface area contributed by atoms with Crippen molar-refractivity contribution in [3.05, 3.63) is 0 Å². The van der Waals surface area contributed by atoms with Crippen LogP contribution in [0.3, 0.4) is 0 Å². The number of aliphatic carboxylic acids is 1. The van der Waals surface area contributed by atoms with Crippen LogP contribution in [0.25, 0.3) is 0 Å². The van der Waals surface area contributed by atoms with Crippen LogP contribution in [0.4, 0.5) is 0 Å². The van der Waals surface area contributed by atoms with Crippen molar-refractivity contribution in [3.63, 3.8) is 0 Å². The molecule has 18 heavy (non-hydrogen) atoms. The van der Waals surface area contributed by atoms with Crippen LogP contribution in [0, 0.1) is 5.92 Å². The Morgan fingerprint density at radius 2 is 1.78 bits per heavy atom. The summed E-state index contributed by atoms with van der Waals surface area (Å²) in [6.07, 6.45) is 5.99. The van der Waals surface area contributed by atoms with E-state index in [1.165, 1.54) is 0 Å². The van der Waals surface area contributed by atoms with Crippen molar-refractivity contribution in [3.8, 4) is 0 Å². The summed E-state index contributed by atoms with van der Waals surface area (Å²) < 4.78 is 0. The van der Waals surface area contributed by atoms with Crippen molar-refractivity contribution < 1.29 is 14.7 Å². The maximum atomic E-state index is 12.5. The van der Waals surface area contributed by atoms with Gasteiger partial charge in [0.15, 0.2) is 0 Å². The lowest BCUT2D eigenvalue weighted by Crippen LogP contribution is -2.39. The molecule has 4 heteroatoms. The molecule has 1 aliphatic rings. The van der Waals surface area contributed by atoms with Gasteiger partial charge < -0.3 is 10.0 Å². The minimum absolute atomic E-state index is 0.0627. The molecule has 0 aromatic carbocycles. The Kier molecular flexibility index (Phi) is 6.16. The number of carbonyl (C=O) groups excluding carboxylic acids is 1.